The van der Waals surface area contributed by atoms with E-state index in [9.17, 15) is 31.9 Å². The Kier molecular flexibility index (Phi) is 7.01. The number of nitrogens with one attached hydrogen (secondary N) is 1. The molecule has 3 aromatic carbocycles. The minimum atomic E-state index is -1.20. The van der Waals surface area contributed by atoms with Crippen molar-refractivity contribution in [1.82, 2.24) is 9.88 Å². The maximum atomic E-state index is 15.0. The van der Waals surface area contributed by atoms with E-state index in [1.54, 1.807) is 42.5 Å². The number of pyridine rings is 1. The van der Waals surface area contributed by atoms with Gasteiger partial charge in [-0.15, -0.1) is 0 Å². The van der Waals surface area contributed by atoms with E-state index >= 15 is 0 Å². The number of anilines is 1. The van der Waals surface area contributed by atoms with Crippen LogP contribution in [0, 0.1) is 23.3 Å². The molecular weight excluding hydrogens is 554 g/mol. The summed E-state index contributed by atoms with van der Waals surface area (Å²) in [6, 6.07) is 13.9. The second-order valence-electron chi connectivity index (χ2n) is 10.1. The highest BCUT2D eigenvalue weighted by Gasteiger charge is 2.40. The van der Waals surface area contributed by atoms with E-state index in [2.05, 4.69) is 5.32 Å². The van der Waals surface area contributed by atoms with E-state index in [0.717, 1.165) is 0 Å². The number of halogens is 4. The molecule has 3 heterocycles. The molecule has 0 aliphatic carbocycles. The molecule has 7 nitrogen and oxygen atoms in total. The SMILES string of the molecule is O=C(NCc1c(F)cc(F)cc1F)c1cn2c(c(OCc3ccccc3)c1=O)C(=O)N1C[C@H]2CCc2cccc(F)c21. The second kappa shape index (κ2) is 10.8. The Hall–Kier alpha value is -4.93. The Bertz CT molecular complexity index is 1770. The molecule has 1 aromatic heterocycles. The Morgan fingerprint density at radius 2 is 1.69 bits per heavy atom. The van der Waals surface area contributed by atoms with Crippen molar-refractivity contribution in [1.29, 1.82) is 0 Å². The van der Waals surface area contributed by atoms with Crippen molar-refractivity contribution in [3.63, 3.8) is 0 Å². The van der Waals surface area contributed by atoms with Crippen molar-refractivity contribution in [3.05, 3.63) is 128 Å². The van der Waals surface area contributed by atoms with Crippen LogP contribution in [0.15, 0.2) is 71.7 Å². The summed E-state index contributed by atoms with van der Waals surface area (Å²) in [6.45, 7) is -0.681. The van der Waals surface area contributed by atoms with Crippen molar-refractivity contribution in [3.8, 4) is 5.75 Å². The molecule has 0 fully saturated rings. The summed E-state index contributed by atoms with van der Waals surface area (Å²) in [6.07, 6.45) is 2.12. The van der Waals surface area contributed by atoms with Crippen molar-refractivity contribution >= 4 is 17.5 Å². The fourth-order valence-electron chi connectivity index (χ4n) is 5.45. The van der Waals surface area contributed by atoms with Gasteiger partial charge in [0, 0.05) is 37.0 Å². The number of rotatable bonds is 6. The van der Waals surface area contributed by atoms with Crippen molar-refractivity contribution < 1.29 is 31.9 Å². The second-order valence-corrected chi connectivity index (χ2v) is 10.1. The number of hydrogen-bond acceptors (Lipinski definition) is 4. The van der Waals surface area contributed by atoms with Crippen LogP contribution in [0.1, 0.15) is 50.0 Å². The molecule has 6 rings (SSSR count). The Morgan fingerprint density at radius 3 is 2.43 bits per heavy atom. The maximum absolute atomic E-state index is 15.0. The van der Waals surface area contributed by atoms with Gasteiger partial charge in [0.05, 0.1) is 11.7 Å². The van der Waals surface area contributed by atoms with E-state index in [-0.39, 0.29) is 24.5 Å². The molecule has 2 amide bonds. The van der Waals surface area contributed by atoms with Gasteiger partial charge in [-0.2, -0.15) is 0 Å². The van der Waals surface area contributed by atoms with Gasteiger partial charge in [0.25, 0.3) is 11.8 Å². The first kappa shape index (κ1) is 27.3. The zero-order chi connectivity index (χ0) is 29.5. The Labute approximate surface area is 237 Å². The summed E-state index contributed by atoms with van der Waals surface area (Å²) in [5.41, 5.74) is -0.591. The summed E-state index contributed by atoms with van der Waals surface area (Å²) in [5, 5.41) is 2.31. The van der Waals surface area contributed by atoms with Crippen molar-refractivity contribution in [2.24, 2.45) is 0 Å². The number of carbonyl (C=O) groups is 2. The molecule has 1 N–H and O–H groups in total. The number of aryl methyl sites for hydroxylation is 1. The van der Waals surface area contributed by atoms with Crippen LogP contribution in [0.3, 0.4) is 0 Å². The highest BCUT2D eigenvalue weighted by Crippen LogP contribution is 2.39. The fourth-order valence-corrected chi connectivity index (χ4v) is 5.45. The van der Waals surface area contributed by atoms with Crippen LogP contribution in [-0.4, -0.2) is 22.9 Å². The smallest absolute Gasteiger partial charge is 0.279 e. The zero-order valence-corrected chi connectivity index (χ0v) is 22.0. The van der Waals surface area contributed by atoms with E-state index in [1.165, 1.54) is 21.7 Å². The predicted octanol–water partition coefficient (Wildman–Crippen LogP) is 5.06. The third-order valence-electron chi connectivity index (χ3n) is 7.52. The summed E-state index contributed by atoms with van der Waals surface area (Å²) in [7, 11) is 0. The summed E-state index contributed by atoms with van der Waals surface area (Å²) >= 11 is 0. The number of nitrogens with zero attached hydrogens (tertiary/aromatic N) is 2. The molecule has 2 aliphatic heterocycles. The number of para-hydroxylation sites is 1. The third kappa shape index (κ3) is 4.80. The van der Waals surface area contributed by atoms with Gasteiger partial charge in [0.1, 0.15) is 35.4 Å². The lowest BCUT2D eigenvalue weighted by Crippen LogP contribution is -2.45. The molecular formula is C31H23F4N3O4. The minimum Gasteiger partial charge on any atom is -0.483 e. The number of fused-ring (bicyclic) bond motifs is 6. The molecule has 0 spiro atoms. The monoisotopic (exact) mass is 577 g/mol. The number of aromatic nitrogens is 1. The number of ether oxygens (including phenoxy) is 1. The van der Waals surface area contributed by atoms with Crippen LogP contribution in [0.2, 0.25) is 0 Å². The molecule has 0 saturated heterocycles. The number of hydrogen-bond donors (Lipinski definition) is 1. The van der Waals surface area contributed by atoms with Gasteiger partial charge in [-0.05, 0) is 30.0 Å². The van der Waals surface area contributed by atoms with E-state index in [1.807, 2.05) is 0 Å². The molecule has 2 aliphatic rings. The molecule has 1 atom stereocenters. The molecule has 42 heavy (non-hydrogen) atoms. The van der Waals surface area contributed by atoms with Crippen LogP contribution in [0.4, 0.5) is 23.2 Å². The molecule has 0 radical (unpaired) electrons. The van der Waals surface area contributed by atoms with Crippen LogP contribution < -0.4 is 20.4 Å². The molecule has 2 bridgehead atoms. The molecule has 0 saturated carbocycles. The first-order valence-corrected chi connectivity index (χ1v) is 13.2. The average molecular weight is 578 g/mol. The highest BCUT2D eigenvalue weighted by molar-refractivity contribution is 6.09. The lowest BCUT2D eigenvalue weighted by molar-refractivity contribution is 0.0926. The third-order valence-corrected chi connectivity index (χ3v) is 7.52. The van der Waals surface area contributed by atoms with Crippen LogP contribution in [-0.2, 0) is 19.6 Å². The van der Waals surface area contributed by atoms with Crippen molar-refractivity contribution in [2.75, 3.05) is 11.4 Å². The fraction of sp³-hybridized carbons (Fsp3) is 0.194. The van der Waals surface area contributed by atoms with Crippen LogP contribution in [0.25, 0.3) is 0 Å². The van der Waals surface area contributed by atoms with Gasteiger partial charge in [-0.3, -0.25) is 14.4 Å². The predicted molar refractivity (Wildman–Crippen MR) is 144 cm³/mol. The normalized spacial score (nSPS) is 15.5. The number of benzene rings is 3. The first-order valence-electron chi connectivity index (χ1n) is 13.2. The summed E-state index contributed by atoms with van der Waals surface area (Å²) in [5.74, 6) is -6.11. The molecule has 214 valence electrons. The van der Waals surface area contributed by atoms with Gasteiger partial charge in [-0.25, -0.2) is 17.6 Å². The van der Waals surface area contributed by atoms with Gasteiger partial charge >= 0.3 is 0 Å². The number of carbonyl (C=O) groups excluding carboxylic acids is 2. The largest absolute Gasteiger partial charge is 0.483 e. The van der Waals surface area contributed by atoms with Gasteiger partial charge in [0.15, 0.2) is 11.4 Å². The first-order chi connectivity index (χ1) is 20.2. The van der Waals surface area contributed by atoms with E-state index in [0.29, 0.717) is 36.1 Å². The van der Waals surface area contributed by atoms with Crippen LogP contribution in [0.5, 0.6) is 5.75 Å². The van der Waals surface area contributed by atoms with Gasteiger partial charge in [0.2, 0.25) is 5.43 Å². The summed E-state index contributed by atoms with van der Waals surface area (Å²) < 4.78 is 64.1. The van der Waals surface area contributed by atoms with E-state index in [4.69, 9.17) is 4.74 Å². The maximum Gasteiger partial charge on any atom is 0.279 e. The quantitative estimate of drug-likeness (QED) is 0.325. The lowest BCUT2D eigenvalue weighted by atomic mass is 10.0. The van der Waals surface area contributed by atoms with Gasteiger partial charge in [-0.1, -0.05) is 42.5 Å². The zero-order valence-electron chi connectivity index (χ0n) is 22.0. The molecule has 4 aromatic rings. The topological polar surface area (TPSA) is 80.6 Å². The standard InChI is InChI=1S/C31H23F4N3O4/c32-19-11-24(34)21(25(35)12-19)13-36-30(40)22-15-37-20-10-9-18-7-4-8-23(33)26(18)38(14-20)31(41)27(37)29(28(22)39)42-16-17-5-2-1-3-6-17/h1-8,11-12,15,20H,9-10,13-14,16H2,(H,36,40)/t20-/m1/s1. The number of amides is 2. The lowest BCUT2D eigenvalue weighted by Gasteiger charge is -2.35. The van der Waals surface area contributed by atoms with Crippen LogP contribution >= 0.6 is 0 Å². The Morgan fingerprint density at radius 1 is 0.952 bits per heavy atom. The van der Waals surface area contributed by atoms with E-state index < -0.39 is 70.0 Å². The Balaban J connectivity index is 1.42. The minimum absolute atomic E-state index is 0.0911. The highest BCUT2D eigenvalue weighted by atomic mass is 19.1. The van der Waals surface area contributed by atoms with Crippen molar-refractivity contribution in [2.45, 2.75) is 32.0 Å². The van der Waals surface area contributed by atoms with Gasteiger partial charge < -0.3 is 19.5 Å². The molecule has 11 heteroatoms. The molecule has 0 unspecified atom stereocenters. The summed E-state index contributed by atoms with van der Waals surface area (Å²) in [4.78, 5) is 42.1. The average Bonchev–Trinajstić information content (AvgIpc) is 3.14.